The molecule has 0 aliphatic heterocycles. The van der Waals surface area contributed by atoms with E-state index in [0.717, 1.165) is 11.6 Å². The molecular formula is C23H23N5O5. The Morgan fingerprint density at radius 2 is 1.85 bits per heavy atom. The molecule has 10 heteroatoms. The van der Waals surface area contributed by atoms with E-state index in [4.69, 9.17) is 15.9 Å². The van der Waals surface area contributed by atoms with E-state index in [1.807, 2.05) is 30.3 Å². The molecule has 1 amide bonds. The molecule has 6 N–H and O–H groups in total. The molecule has 10 nitrogen and oxygen atoms in total. The number of aromatic hydroxyl groups is 1. The van der Waals surface area contributed by atoms with E-state index < -0.39 is 28.3 Å². The Kier molecular flexibility index (Phi) is 7.09. The number of nitrogens with zero attached hydrogens (tertiary/aromatic N) is 1. The van der Waals surface area contributed by atoms with Crippen LogP contribution in [0.5, 0.6) is 11.5 Å². The molecule has 0 unspecified atom stereocenters. The highest BCUT2D eigenvalue weighted by atomic mass is 16.6. The molecule has 0 aliphatic carbocycles. The number of carbonyl (C=O) groups excluding carboxylic acids is 1. The Labute approximate surface area is 189 Å². The number of carbonyl (C=O) groups is 1. The first-order valence-electron chi connectivity index (χ1n) is 9.88. The predicted octanol–water partition coefficient (Wildman–Crippen LogP) is 3.06. The lowest BCUT2D eigenvalue weighted by Gasteiger charge is -2.21. The summed E-state index contributed by atoms with van der Waals surface area (Å²) in [6, 6.07) is 17.2. The smallest absolute Gasteiger partial charge is 0.315 e. The summed E-state index contributed by atoms with van der Waals surface area (Å²) < 4.78 is 5.08. The summed E-state index contributed by atoms with van der Waals surface area (Å²) in [6.45, 7) is 0.248. The van der Waals surface area contributed by atoms with Crippen molar-refractivity contribution in [2.24, 2.45) is 5.73 Å². The Morgan fingerprint density at radius 3 is 2.42 bits per heavy atom. The molecule has 1 atom stereocenters. The molecule has 170 valence electrons. The van der Waals surface area contributed by atoms with E-state index in [-0.39, 0.29) is 23.7 Å². The van der Waals surface area contributed by atoms with Crippen LogP contribution in [0.3, 0.4) is 0 Å². The number of nitrogens with two attached hydrogens (primary N) is 1. The van der Waals surface area contributed by atoms with Crippen LogP contribution in [-0.2, 0) is 11.3 Å². The maximum Gasteiger partial charge on any atom is 0.315 e. The summed E-state index contributed by atoms with van der Waals surface area (Å²) in [4.78, 5) is 23.9. The van der Waals surface area contributed by atoms with Gasteiger partial charge in [0.15, 0.2) is 5.75 Å². The van der Waals surface area contributed by atoms with Crippen molar-refractivity contribution >= 4 is 23.1 Å². The second kappa shape index (κ2) is 10.1. The van der Waals surface area contributed by atoms with Crippen LogP contribution in [0.1, 0.15) is 22.7 Å². The number of nitro benzene ring substituents is 1. The fourth-order valence-corrected chi connectivity index (χ4v) is 3.18. The first-order chi connectivity index (χ1) is 15.8. The molecule has 0 fully saturated rings. The van der Waals surface area contributed by atoms with E-state index in [9.17, 15) is 20.0 Å². The number of nitrogens with one attached hydrogen (secondary N) is 3. The number of nitro groups is 1. The van der Waals surface area contributed by atoms with Gasteiger partial charge in [0.2, 0.25) is 11.7 Å². The molecule has 3 rings (SSSR count). The third-order valence-corrected chi connectivity index (χ3v) is 4.91. The predicted molar refractivity (Wildman–Crippen MR) is 123 cm³/mol. The maximum absolute atomic E-state index is 13.2. The van der Waals surface area contributed by atoms with Crippen LogP contribution in [0.25, 0.3) is 0 Å². The van der Waals surface area contributed by atoms with E-state index in [1.165, 1.54) is 13.2 Å². The van der Waals surface area contributed by atoms with Gasteiger partial charge in [-0.1, -0.05) is 30.3 Å². The van der Waals surface area contributed by atoms with Gasteiger partial charge < -0.3 is 26.2 Å². The zero-order valence-corrected chi connectivity index (χ0v) is 17.7. The van der Waals surface area contributed by atoms with Crippen molar-refractivity contribution in [1.82, 2.24) is 5.32 Å². The standard InChI is InChI=1S/C23H23N5O5/c1-33-19-12-16(11-18(21(19)29)28(31)32)20(23(30)26-13-14-5-3-2-4-6-14)27-17-9-7-15(8-10-17)22(24)25/h2-12,20,27,29H,13H2,1H3,(H3,24,25)(H,26,30)/t20-/m0/s1. The summed E-state index contributed by atoms with van der Waals surface area (Å²) in [7, 11) is 1.26. The third kappa shape index (κ3) is 5.56. The molecule has 33 heavy (non-hydrogen) atoms. The van der Waals surface area contributed by atoms with Crippen LogP contribution < -0.4 is 21.1 Å². The van der Waals surface area contributed by atoms with Crippen LogP contribution in [0.4, 0.5) is 11.4 Å². The lowest BCUT2D eigenvalue weighted by atomic mass is 10.0. The number of rotatable bonds is 9. The van der Waals surface area contributed by atoms with E-state index in [1.54, 1.807) is 24.3 Å². The first-order valence-corrected chi connectivity index (χ1v) is 9.88. The van der Waals surface area contributed by atoms with Crippen molar-refractivity contribution in [2.45, 2.75) is 12.6 Å². The zero-order valence-electron chi connectivity index (χ0n) is 17.7. The van der Waals surface area contributed by atoms with Crippen molar-refractivity contribution in [3.05, 3.63) is 93.5 Å². The van der Waals surface area contributed by atoms with Crippen LogP contribution in [-0.4, -0.2) is 28.9 Å². The molecule has 0 spiro atoms. The van der Waals surface area contributed by atoms with Crippen molar-refractivity contribution in [2.75, 3.05) is 12.4 Å². The molecule has 0 bridgehead atoms. The van der Waals surface area contributed by atoms with Gasteiger partial charge in [-0.2, -0.15) is 0 Å². The van der Waals surface area contributed by atoms with Gasteiger partial charge in [-0.05, 0) is 41.5 Å². The van der Waals surface area contributed by atoms with Gasteiger partial charge in [0.05, 0.1) is 12.0 Å². The molecule has 0 heterocycles. The number of benzene rings is 3. The number of methoxy groups -OCH3 is 1. The maximum atomic E-state index is 13.2. The summed E-state index contributed by atoms with van der Waals surface area (Å²) in [6.07, 6.45) is 0. The molecule has 0 aromatic heterocycles. The van der Waals surface area contributed by atoms with Crippen molar-refractivity contribution in [1.29, 1.82) is 5.41 Å². The average molecular weight is 449 g/mol. The van der Waals surface area contributed by atoms with Gasteiger partial charge in [-0.3, -0.25) is 20.3 Å². The number of hydrogen-bond donors (Lipinski definition) is 5. The molecule has 0 radical (unpaired) electrons. The number of nitrogen functional groups attached to an aromatic ring is 1. The van der Waals surface area contributed by atoms with E-state index in [0.29, 0.717) is 11.3 Å². The largest absolute Gasteiger partial charge is 0.500 e. The molecule has 0 saturated carbocycles. The van der Waals surface area contributed by atoms with E-state index >= 15 is 0 Å². The summed E-state index contributed by atoms with van der Waals surface area (Å²) in [5.41, 5.74) is 7.03. The Bertz CT molecular complexity index is 1170. The normalized spacial score (nSPS) is 11.3. The van der Waals surface area contributed by atoms with Crippen LogP contribution in [0, 0.1) is 15.5 Å². The third-order valence-electron chi connectivity index (χ3n) is 4.91. The highest BCUT2D eigenvalue weighted by Crippen LogP contribution is 2.39. The minimum Gasteiger partial charge on any atom is -0.500 e. The van der Waals surface area contributed by atoms with Crippen molar-refractivity contribution < 1.29 is 19.6 Å². The summed E-state index contributed by atoms with van der Waals surface area (Å²) in [5.74, 6) is -1.30. The molecular weight excluding hydrogens is 426 g/mol. The molecule has 0 saturated heterocycles. The van der Waals surface area contributed by atoms with Gasteiger partial charge in [0.25, 0.3) is 0 Å². The quantitative estimate of drug-likeness (QED) is 0.145. The van der Waals surface area contributed by atoms with Crippen LogP contribution >= 0.6 is 0 Å². The van der Waals surface area contributed by atoms with Gasteiger partial charge in [-0.15, -0.1) is 0 Å². The molecule has 3 aromatic rings. The monoisotopic (exact) mass is 449 g/mol. The van der Waals surface area contributed by atoms with E-state index in [2.05, 4.69) is 10.6 Å². The number of anilines is 1. The van der Waals surface area contributed by atoms with Crippen molar-refractivity contribution in [3.63, 3.8) is 0 Å². The Hall–Kier alpha value is -4.60. The number of phenols is 1. The minimum atomic E-state index is -1.05. The highest BCUT2D eigenvalue weighted by molar-refractivity contribution is 5.95. The summed E-state index contributed by atoms with van der Waals surface area (Å²) >= 11 is 0. The van der Waals surface area contributed by atoms with Gasteiger partial charge >= 0.3 is 5.69 Å². The van der Waals surface area contributed by atoms with Gasteiger partial charge in [0.1, 0.15) is 11.9 Å². The number of amidine groups is 1. The fourth-order valence-electron chi connectivity index (χ4n) is 3.18. The van der Waals surface area contributed by atoms with Crippen LogP contribution in [0.2, 0.25) is 0 Å². The summed E-state index contributed by atoms with van der Waals surface area (Å²) in [5, 5.41) is 34.9. The van der Waals surface area contributed by atoms with Gasteiger partial charge in [-0.25, -0.2) is 0 Å². The number of ether oxygens (including phenoxy) is 1. The van der Waals surface area contributed by atoms with Crippen molar-refractivity contribution in [3.8, 4) is 11.5 Å². The molecule has 3 aromatic carbocycles. The average Bonchev–Trinajstić information content (AvgIpc) is 2.82. The number of hydrogen-bond acceptors (Lipinski definition) is 7. The number of amides is 1. The lowest BCUT2D eigenvalue weighted by molar-refractivity contribution is -0.386. The minimum absolute atomic E-state index is 0.0994. The highest BCUT2D eigenvalue weighted by Gasteiger charge is 2.27. The Morgan fingerprint density at radius 1 is 1.18 bits per heavy atom. The Balaban J connectivity index is 1.97. The topological polar surface area (TPSA) is 164 Å². The molecule has 0 aliphatic rings. The van der Waals surface area contributed by atoms with Gasteiger partial charge in [0, 0.05) is 23.9 Å². The fraction of sp³-hybridized carbons (Fsp3) is 0.130. The number of phenolic OH excluding ortho intramolecular Hbond substituents is 1. The second-order valence-electron chi connectivity index (χ2n) is 7.12. The SMILES string of the molecule is COc1cc([C@H](Nc2ccc(C(=N)N)cc2)C(=O)NCc2ccccc2)cc([N+](=O)[O-])c1O. The first kappa shape index (κ1) is 23.1. The zero-order chi connectivity index (χ0) is 24.0. The second-order valence-corrected chi connectivity index (χ2v) is 7.12. The van der Waals surface area contributed by atoms with Crippen LogP contribution in [0.15, 0.2) is 66.7 Å². The lowest BCUT2D eigenvalue weighted by Crippen LogP contribution is -2.33.